The van der Waals surface area contributed by atoms with Crippen molar-refractivity contribution in [2.45, 2.75) is 0 Å². The molecule has 0 bridgehead atoms. The Morgan fingerprint density at radius 3 is 2.80 bits per heavy atom. The molecule has 0 aliphatic carbocycles. The van der Waals surface area contributed by atoms with Crippen LogP contribution < -0.4 is 5.73 Å². The van der Waals surface area contributed by atoms with Crippen LogP contribution in [0, 0.1) is 0 Å². The predicted molar refractivity (Wildman–Crippen MR) is 99.9 cm³/mol. The van der Waals surface area contributed by atoms with Gasteiger partial charge in [-0.05, 0) is 12.1 Å². The van der Waals surface area contributed by atoms with E-state index in [1.54, 1.807) is 23.6 Å². The van der Waals surface area contributed by atoms with Crippen molar-refractivity contribution in [1.29, 1.82) is 0 Å². The molecule has 0 radical (unpaired) electrons. The monoisotopic (exact) mass is 349 g/mol. The van der Waals surface area contributed by atoms with Gasteiger partial charge in [-0.15, -0.1) is 11.3 Å². The minimum Gasteiger partial charge on any atom is -0.392 e. The first kappa shape index (κ1) is 15.5. The summed E-state index contributed by atoms with van der Waals surface area (Å²) < 4.78 is 2.01. The lowest BCUT2D eigenvalue weighted by Gasteiger charge is -2.06. The van der Waals surface area contributed by atoms with Crippen LogP contribution in [0.2, 0.25) is 0 Å². The topological polar surface area (TPSA) is 89.3 Å². The van der Waals surface area contributed by atoms with Gasteiger partial charge in [0, 0.05) is 28.9 Å². The summed E-state index contributed by atoms with van der Waals surface area (Å²) >= 11 is 1.56. The molecule has 1 aromatic carbocycles. The fourth-order valence-electron chi connectivity index (χ4n) is 2.67. The van der Waals surface area contributed by atoms with E-state index in [-0.39, 0.29) is 12.6 Å². The second-order valence-electron chi connectivity index (χ2n) is 5.40. The minimum absolute atomic E-state index is 0.165. The average molecular weight is 349 g/mol. The molecule has 3 N–H and O–H groups in total. The minimum atomic E-state index is -0.165. The van der Waals surface area contributed by atoms with Gasteiger partial charge >= 0.3 is 0 Å². The Balaban J connectivity index is 1.91. The zero-order chi connectivity index (χ0) is 17.2. The highest BCUT2D eigenvalue weighted by atomic mass is 32.1. The van der Waals surface area contributed by atoms with Gasteiger partial charge < -0.3 is 10.8 Å². The number of fused-ring (bicyclic) bond motifs is 1. The van der Waals surface area contributed by atoms with E-state index in [1.165, 1.54) is 0 Å². The van der Waals surface area contributed by atoms with Gasteiger partial charge in [-0.2, -0.15) is 0 Å². The Morgan fingerprint density at radius 1 is 1.20 bits per heavy atom. The third-order valence-corrected chi connectivity index (χ3v) is 4.59. The predicted octanol–water partition coefficient (Wildman–Crippen LogP) is 2.97. The molecule has 6 nitrogen and oxygen atoms in total. The third kappa shape index (κ3) is 2.90. The first-order chi connectivity index (χ1) is 12.3. The van der Waals surface area contributed by atoms with Gasteiger partial charge in [0.2, 0.25) is 5.95 Å². The third-order valence-electron chi connectivity index (χ3n) is 3.83. The van der Waals surface area contributed by atoms with Crippen LogP contribution in [0.25, 0.3) is 27.9 Å². The standard InChI is InChI=1S/C18H15N5OS/c19-17-20-7-6-14(21-17)13(11-24)10-15-16(12-4-2-1-3-5-12)22-18-23(15)8-9-25-18/h1-10,24H,11H2,(H2,19,20,21). The molecule has 0 fully saturated rings. The van der Waals surface area contributed by atoms with Crippen LogP contribution >= 0.6 is 11.3 Å². The summed E-state index contributed by atoms with van der Waals surface area (Å²) in [5, 5.41) is 11.8. The summed E-state index contributed by atoms with van der Waals surface area (Å²) in [5.74, 6) is 0.175. The number of aromatic nitrogens is 4. The lowest BCUT2D eigenvalue weighted by atomic mass is 10.1. The van der Waals surface area contributed by atoms with Crippen LogP contribution in [0.4, 0.5) is 5.95 Å². The fourth-order valence-corrected chi connectivity index (χ4v) is 3.39. The number of anilines is 1. The molecule has 0 aliphatic rings. The number of nitrogens with zero attached hydrogens (tertiary/aromatic N) is 4. The van der Waals surface area contributed by atoms with Crippen LogP contribution in [0.3, 0.4) is 0 Å². The summed E-state index contributed by atoms with van der Waals surface area (Å²) in [6.07, 6.45) is 5.45. The summed E-state index contributed by atoms with van der Waals surface area (Å²) in [6.45, 7) is -0.165. The number of nitrogen functional groups attached to an aromatic ring is 1. The molecule has 4 rings (SSSR count). The smallest absolute Gasteiger partial charge is 0.220 e. The molecule has 0 atom stereocenters. The molecule has 25 heavy (non-hydrogen) atoms. The average Bonchev–Trinajstić information content (AvgIpc) is 3.22. The Kier molecular flexibility index (Phi) is 4.01. The maximum Gasteiger partial charge on any atom is 0.220 e. The van der Waals surface area contributed by atoms with E-state index in [2.05, 4.69) is 9.97 Å². The Hall–Kier alpha value is -3.03. The van der Waals surface area contributed by atoms with E-state index in [0.29, 0.717) is 11.3 Å². The molecule has 0 saturated heterocycles. The largest absolute Gasteiger partial charge is 0.392 e. The van der Waals surface area contributed by atoms with Gasteiger partial charge in [0.05, 0.1) is 23.7 Å². The van der Waals surface area contributed by atoms with Crippen LogP contribution in [0.5, 0.6) is 0 Å². The van der Waals surface area contributed by atoms with Crippen LogP contribution in [0.15, 0.2) is 54.2 Å². The molecule has 0 amide bonds. The summed E-state index contributed by atoms with van der Waals surface area (Å²) in [6, 6.07) is 11.7. The van der Waals surface area contributed by atoms with Crippen LogP contribution in [-0.4, -0.2) is 31.1 Å². The molecule has 0 aliphatic heterocycles. The Morgan fingerprint density at radius 2 is 2.04 bits per heavy atom. The first-order valence-corrected chi connectivity index (χ1v) is 8.55. The highest BCUT2D eigenvalue weighted by Crippen LogP contribution is 2.29. The number of hydrogen-bond acceptors (Lipinski definition) is 6. The molecule has 124 valence electrons. The first-order valence-electron chi connectivity index (χ1n) is 7.67. The number of thiazole rings is 1. The van der Waals surface area contributed by atoms with Crippen LogP contribution in [-0.2, 0) is 0 Å². The second kappa shape index (κ2) is 6.46. The number of nitrogens with two attached hydrogens (primary N) is 1. The van der Waals surface area contributed by atoms with Gasteiger partial charge in [-0.25, -0.2) is 15.0 Å². The number of imidazole rings is 1. The van der Waals surface area contributed by atoms with E-state index >= 15 is 0 Å². The number of rotatable bonds is 4. The summed E-state index contributed by atoms with van der Waals surface area (Å²) in [5.41, 5.74) is 9.69. The highest BCUT2D eigenvalue weighted by Gasteiger charge is 2.15. The molecule has 3 aromatic heterocycles. The normalized spacial score (nSPS) is 12.0. The van der Waals surface area contributed by atoms with Crippen molar-refractivity contribution in [3.63, 3.8) is 0 Å². The maximum atomic E-state index is 9.86. The Bertz CT molecular complexity index is 1050. The lowest BCUT2D eigenvalue weighted by molar-refractivity contribution is 0.350. The van der Waals surface area contributed by atoms with Gasteiger partial charge in [-0.3, -0.25) is 4.40 Å². The van der Waals surface area contributed by atoms with E-state index in [4.69, 9.17) is 10.7 Å². The van der Waals surface area contributed by atoms with Crippen molar-refractivity contribution in [2.75, 3.05) is 12.3 Å². The lowest BCUT2D eigenvalue weighted by Crippen LogP contribution is -2.00. The molecule has 0 saturated carbocycles. The molecule has 4 aromatic rings. The SMILES string of the molecule is Nc1nccc(C(=Cc2c(-c3ccccc3)nc3sccn23)CO)n1. The van der Waals surface area contributed by atoms with Crippen molar-refractivity contribution in [1.82, 2.24) is 19.4 Å². The van der Waals surface area contributed by atoms with Gasteiger partial charge in [0.1, 0.15) is 0 Å². The van der Waals surface area contributed by atoms with E-state index in [1.807, 2.05) is 52.4 Å². The summed E-state index contributed by atoms with van der Waals surface area (Å²) in [4.78, 5) is 13.7. The van der Waals surface area contributed by atoms with Crippen molar-refractivity contribution in [2.24, 2.45) is 0 Å². The van der Waals surface area contributed by atoms with E-state index in [0.717, 1.165) is 21.9 Å². The van der Waals surface area contributed by atoms with Gasteiger partial charge in [0.15, 0.2) is 4.96 Å². The number of benzene rings is 1. The van der Waals surface area contributed by atoms with Crippen molar-refractivity contribution >= 4 is 33.9 Å². The molecule has 0 spiro atoms. The second-order valence-corrected chi connectivity index (χ2v) is 6.27. The number of hydrogen-bond donors (Lipinski definition) is 2. The van der Waals surface area contributed by atoms with Crippen LogP contribution in [0.1, 0.15) is 11.4 Å². The highest BCUT2D eigenvalue weighted by molar-refractivity contribution is 7.15. The maximum absolute atomic E-state index is 9.86. The van der Waals surface area contributed by atoms with Gasteiger partial charge in [-0.1, -0.05) is 30.3 Å². The molecule has 3 heterocycles. The van der Waals surface area contributed by atoms with Crippen molar-refractivity contribution < 1.29 is 5.11 Å². The number of aliphatic hydroxyl groups is 1. The fraction of sp³-hybridized carbons (Fsp3) is 0.0556. The quantitative estimate of drug-likeness (QED) is 0.591. The zero-order valence-electron chi connectivity index (χ0n) is 13.2. The molecule has 7 heteroatoms. The zero-order valence-corrected chi connectivity index (χ0v) is 14.0. The van der Waals surface area contributed by atoms with E-state index < -0.39 is 0 Å². The Labute approximate surface area is 148 Å². The van der Waals surface area contributed by atoms with Crippen molar-refractivity contribution in [3.8, 4) is 11.3 Å². The summed E-state index contributed by atoms with van der Waals surface area (Å²) in [7, 11) is 0. The molecular weight excluding hydrogens is 334 g/mol. The molecule has 0 unspecified atom stereocenters. The molecular formula is C18H15N5OS. The van der Waals surface area contributed by atoms with Gasteiger partial charge in [0.25, 0.3) is 0 Å². The van der Waals surface area contributed by atoms with Crippen molar-refractivity contribution in [3.05, 3.63) is 65.6 Å². The van der Waals surface area contributed by atoms with E-state index in [9.17, 15) is 5.11 Å². The number of aliphatic hydroxyl groups excluding tert-OH is 1.